The lowest BCUT2D eigenvalue weighted by Gasteiger charge is -2.32. The lowest BCUT2D eigenvalue weighted by molar-refractivity contribution is 0.0713. The van der Waals surface area contributed by atoms with Crippen molar-refractivity contribution in [2.75, 3.05) is 26.2 Å². The molecule has 0 aromatic heterocycles. The molecule has 2 fully saturated rings. The molecule has 27 heavy (non-hydrogen) atoms. The highest BCUT2D eigenvalue weighted by atomic mass is 16.3. The van der Waals surface area contributed by atoms with Gasteiger partial charge in [-0.1, -0.05) is 24.3 Å². The maximum absolute atomic E-state index is 13.0. The third-order valence-corrected chi connectivity index (χ3v) is 5.98. The van der Waals surface area contributed by atoms with Crippen LogP contribution in [0.5, 0.6) is 5.75 Å². The number of hydrogen-bond donors (Lipinski definition) is 2. The zero-order chi connectivity index (χ0) is 18.6. The second-order valence-electron chi connectivity index (χ2n) is 7.92. The summed E-state index contributed by atoms with van der Waals surface area (Å²) in [7, 11) is 0. The Labute approximate surface area is 161 Å². The quantitative estimate of drug-likeness (QED) is 0.872. The number of piperidine rings is 1. The molecule has 4 rings (SSSR count). The molecule has 2 aliphatic heterocycles. The number of benzene rings is 2. The number of phenols is 1. The van der Waals surface area contributed by atoms with Crippen molar-refractivity contribution in [3.8, 4) is 5.75 Å². The first-order valence-electron chi connectivity index (χ1n) is 10.1. The molecule has 2 aromatic rings. The Hall–Kier alpha value is -2.33. The Morgan fingerprint density at radius 1 is 1.07 bits per heavy atom. The van der Waals surface area contributed by atoms with Gasteiger partial charge in [0.15, 0.2) is 0 Å². The number of rotatable bonds is 4. The van der Waals surface area contributed by atoms with Gasteiger partial charge in [-0.2, -0.15) is 0 Å². The van der Waals surface area contributed by atoms with Gasteiger partial charge in [0.05, 0.1) is 0 Å². The second-order valence-corrected chi connectivity index (χ2v) is 7.92. The Balaban J connectivity index is 1.37. The Kier molecular flexibility index (Phi) is 5.44. The van der Waals surface area contributed by atoms with E-state index in [-0.39, 0.29) is 5.91 Å². The van der Waals surface area contributed by atoms with Gasteiger partial charge in [0.2, 0.25) is 0 Å². The van der Waals surface area contributed by atoms with Gasteiger partial charge >= 0.3 is 0 Å². The topological polar surface area (TPSA) is 52.6 Å². The fourth-order valence-corrected chi connectivity index (χ4v) is 4.43. The van der Waals surface area contributed by atoms with Crippen molar-refractivity contribution in [3.63, 3.8) is 0 Å². The molecule has 4 heteroatoms. The number of aromatic hydroxyl groups is 1. The highest BCUT2D eigenvalue weighted by molar-refractivity contribution is 5.94. The van der Waals surface area contributed by atoms with Gasteiger partial charge in [0.1, 0.15) is 5.75 Å². The first-order valence-corrected chi connectivity index (χ1v) is 10.1. The summed E-state index contributed by atoms with van der Waals surface area (Å²) in [4.78, 5) is 14.9. The van der Waals surface area contributed by atoms with Crippen LogP contribution in [0.25, 0.3) is 0 Å². The highest BCUT2D eigenvalue weighted by Crippen LogP contribution is 2.30. The van der Waals surface area contributed by atoms with Crippen LogP contribution in [0.3, 0.4) is 0 Å². The van der Waals surface area contributed by atoms with Crippen LogP contribution in [-0.2, 0) is 6.42 Å². The van der Waals surface area contributed by atoms with Crippen molar-refractivity contribution in [3.05, 3.63) is 65.2 Å². The minimum absolute atomic E-state index is 0.149. The van der Waals surface area contributed by atoms with E-state index in [0.717, 1.165) is 51.0 Å². The third-order valence-electron chi connectivity index (χ3n) is 5.98. The van der Waals surface area contributed by atoms with Crippen LogP contribution in [0.2, 0.25) is 0 Å². The molecule has 2 heterocycles. The van der Waals surface area contributed by atoms with E-state index >= 15 is 0 Å². The van der Waals surface area contributed by atoms with Gasteiger partial charge in [-0.15, -0.1) is 0 Å². The minimum atomic E-state index is 0.149. The molecular weight excluding hydrogens is 336 g/mol. The van der Waals surface area contributed by atoms with Gasteiger partial charge in [-0.05, 0) is 86.0 Å². The first-order chi connectivity index (χ1) is 13.2. The summed E-state index contributed by atoms with van der Waals surface area (Å²) >= 11 is 0. The van der Waals surface area contributed by atoms with Crippen molar-refractivity contribution in [2.24, 2.45) is 5.92 Å². The number of carbonyl (C=O) groups excluding carboxylic acids is 1. The number of carbonyl (C=O) groups is 1. The van der Waals surface area contributed by atoms with E-state index in [4.69, 9.17) is 0 Å². The summed E-state index contributed by atoms with van der Waals surface area (Å²) in [5.74, 6) is 1.58. The Bertz CT molecular complexity index is 790. The number of likely N-dealkylation sites (tertiary alicyclic amines) is 1. The fraction of sp³-hybridized carbons (Fsp3) is 0.435. The van der Waals surface area contributed by atoms with Crippen molar-refractivity contribution in [2.45, 2.75) is 31.6 Å². The molecule has 2 aliphatic rings. The van der Waals surface area contributed by atoms with E-state index in [0.29, 0.717) is 17.6 Å². The molecule has 2 N–H and O–H groups in total. The van der Waals surface area contributed by atoms with Crippen LogP contribution in [0.15, 0.2) is 48.5 Å². The summed E-state index contributed by atoms with van der Waals surface area (Å²) in [6.45, 7) is 3.74. The van der Waals surface area contributed by atoms with Crippen molar-refractivity contribution >= 4 is 5.91 Å². The molecule has 2 aromatic carbocycles. The van der Waals surface area contributed by atoms with E-state index in [9.17, 15) is 9.90 Å². The van der Waals surface area contributed by atoms with Crippen LogP contribution >= 0.6 is 0 Å². The average Bonchev–Trinajstić information content (AvgIpc) is 3.21. The van der Waals surface area contributed by atoms with Crippen molar-refractivity contribution in [1.29, 1.82) is 0 Å². The number of amides is 1. The molecule has 0 radical (unpaired) electrons. The molecule has 2 saturated heterocycles. The molecular formula is C23H28N2O2. The summed E-state index contributed by atoms with van der Waals surface area (Å²) < 4.78 is 0. The number of hydrogen-bond acceptors (Lipinski definition) is 3. The van der Waals surface area contributed by atoms with Crippen LogP contribution in [0, 0.1) is 5.92 Å². The number of phenolic OH excluding ortho intramolecular Hbond substituents is 1. The van der Waals surface area contributed by atoms with E-state index in [1.54, 1.807) is 6.07 Å². The summed E-state index contributed by atoms with van der Waals surface area (Å²) in [6.07, 6.45) is 4.17. The Morgan fingerprint density at radius 2 is 1.89 bits per heavy atom. The van der Waals surface area contributed by atoms with Crippen LogP contribution in [0.1, 0.15) is 46.7 Å². The third kappa shape index (κ3) is 4.33. The largest absolute Gasteiger partial charge is 0.508 e. The maximum atomic E-state index is 13.0. The molecule has 1 unspecified atom stereocenters. The average molecular weight is 364 g/mol. The Morgan fingerprint density at radius 3 is 2.63 bits per heavy atom. The molecule has 1 atom stereocenters. The number of nitrogens with zero attached hydrogens (tertiary/aromatic N) is 1. The predicted molar refractivity (Wildman–Crippen MR) is 107 cm³/mol. The van der Waals surface area contributed by atoms with Gasteiger partial charge < -0.3 is 15.3 Å². The fourth-order valence-electron chi connectivity index (χ4n) is 4.43. The van der Waals surface area contributed by atoms with Gasteiger partial charge in [-0.25, -0.2) is 0 Å². The van der Waals surface area contributed by atoms with Gasteiger partial charge in [-0.3, -0.25) is 4.79 Å². The normalized spacial score (nSPS) is 20.7. The zero-order valence-electron chi connectivity index (χ0n) is 15.7. The molecule has 4 nitrogen and oxygen atoms in total. The van der Waals surface area contributed by atoms with Gasteiger partial charge in [0, 0.05) is 18.7 Å². The van der Waals surface area contributed by atoms with E-state index < -0.39 is 0 Å². The predicted octanol–water partition coefficient (Wildman–Crippen LogP) is 3.56. The number of nitrogens with one attached hydrogen (secondary N) is 1. The monoisotopic (exact) mass is 364 g/mol. The maximum Gasteiger partial charge on any atom is 0.253 e. The molecule has 0 aliphatic carbocycles. The lowest BCUT2D eigenvalue weighted by Crippen LogP contribution is -2.38. The lowest BCUT2D eigenvalue weighted by atomic mass is 9.89. The summed E-state index contributed by atoms with van der Waals surface area (Å²) in [5.41, 5.74) is 3.26. The van der Waals surface area contributed by atoms with E-state index in [1.807, 2.05) is 29.2 Å². The van der Waals surface area contributed by atoms with Crippen molar-refractivity contribution < 1.29 is 9.90 Å². The van der Waals surface area contributed by atoms with Crippen LogP contribution in [0.4, 0.5) is 0 Å². The molecule has 1 amide bonds. The first kappa shape index (κ1) is 18.1. The zero-order valence-corrected chi connectivity index (χ0v) is 15.7. The van der Waals surface area contributed by atoms with E-state index in [1.165, 1.54) is 17.5 Å². The summed E-state index contributed by atoms with van der Waals surface area (Å²) in [5, 5.41) is 13.1. The second kappa shape index (κ2) is 8.13. The molecule has 0 spiro atoms. The minimum Gasteiger partial charge on any atom is -0.508 e. The molecule has 0 bridgehead atoms. The smallest absolute Gasteiger partial charge is 0.253 e. The SMILES string of the molecule is O=C(c1cccc(CC2CCNC2)c1)N1CCC(c2cccc(O)c2)CC1. The van der Waals surface area contributed by atoms with Crippen LogP contribution < -0.4 is 5.32 Å². The van der Waals surface area contributed by atoms with Crippen molar-refractivity contribution in [1.82, 2.24) is 10.2 Å². The highest BCUT2D eigenvalue weighted by Gasteiger charge is 2.25. The van der Waals surface area contributed by atoms with Gasteiger partial charge in [0.25, 0.3) is 5.91 Å². The molecule has 0 saturated carbocycles. The van der Waals surface area contributed by atoms with Crippen LogP contribution in [-0.4, -0.2) is 42.1 Å². The van der Waals surface area contributed by atoms with E-state index in [2.05, 4.69) is 23.5 Å². The molecule has 142 valence electrons. The standard InChI is InChI=1S/C23H28N2O2/c26-22-6-2-4-20(15-22)19-8-11-25(12-9-19)23(27)21-5-1-3-17(14-21)13-18-7-10-24-16-18/h1-6,14-15,18-19,24,26H,7-13,16H2. The summed E-state index contributed by atoms with van der Waals surface area (Å²) in [6, 6.07) is 15.7.